The molecule has 0 aliphatic rings. The molecule has 0 saturated heterocycles. The lowest BCUT2D eigenvalue weighted by Crippen LogP contribution is -2.08. The molecule has 0 atom stereocenters. The van der Waals surface area contributed by atoms with Crippen molar-refractivity contribution in [3.05, 3.63) is 60.3 Å². The molecule has 1 heterocycles. The van der Waals surface area contributed by atoms with Crippen LogP contribution in [0.2, 0.25) is 0 Å². The van der Waals surface area contributed by atoms with E-state index < -0.39 is 0 Å². The van der Waals surface area contributed by atoms with Gasteiger partial charge in [-0.25, -0.2) is 0 Å². The molecular formula is C18H20N6. The number of rotatable bonds is 5. The van der Waals surface area contributed by atoms with Crippen LogP contribution in [0.15, 0.2) is 54.7 Å². The molecular weight excluding hydrogens is 300 g/mol. The molecule has 1 aromatic heterocycles. The standard InChI is InChI=1S/C18H20N6/c1-13-5-4-6-15(11-13)21-18-22-17(12-19-23-18)20-14-7-9-16(10-8-14)24(2)3/h4-12H,1-3H3,(H2,20,21,22,23). The quantitative estimate of drug-likeness (QED) is 0.746. The van der Waals surface area contributed by atoms with E-state index in [2.05, 4.69) is 30.7 Å². The summed E-state index contributed by atoms with van der Waals surface area (Å²) in [4.78, 5) is 6.50. The Morgan fingerprint density at radius 1 is 0.917 bits per heavy atom. The van der Waals surface area contributed by atoms with Crippen LogP contribution in [0, 0.1) is 6.92 Å². The third-order valence-corrected chi connectivity index (χ3v) is 3.49. The predicted molar refractivity (Wildman–Crippen MR) is 98.3 cm³/mol. The largest absolute Gasteiger partial charge is 0.378 e. The Bertz CT molecular complexity index is 814. The minimum atomic E-state index is 0.454. The first kappa shape index (κ1) is 15.7. The van der Waals surface area contributed by atoms with Crippen LogP contribution in [0.25, 0.3) is 0 Å². The Kier molecular flexibility index (Phi) is 4.56. The topological polar surface area (TPSA) is 66.0 Å². The van der Waals surface area contributed by atoms with Crippen molar-refractivity contribution in [2.24, 2.45) is 0 Å². The molecule has 0 aliphatic heterocycles. The van der Waals surface area contributed by atoms with E-state index in [0.717, 1.165) is 17.1 Å². The number of nitrogens with zero attached hydrogens (tertiary/aromatic N) is 4. The van der Waals surface area contributed by atoms with E-state index in [9.17, 15) is 0 Å². The highest BCUT2D eigenvalue weighted by Gasteiger charge is 2.03. The van der Waals surface area contributed by atoms with Crippen molar-refractivity contribution in [2.45, 2.75) is 6.92 Å². The van der Waals surface area contributed by atoms with Crippen LogP contribution in [0.4, 0.5) is 28.8 Å². The van der Waals surface area contributed by atoms with Gasteiger partial charge in [-0.3, -0.25) is 0 Å². The first-order valence-electron chi connectivity index (χ1n) is 7.68. The van der Waals surface area contributed by atoms with E-state index in [1.165, 1.54) is 5.56 Å². The Morgan fingerprint density at radius 3 is 2.42 bits per heavy atom. The van der Waals surface area contributed by atoms with Gasteiger partial charge in [-0.05, 0) is 48.9 Å². The summed E-state index contributed by atoms with van der Waals surface area (Å²) in [6.07, 6.45) is 1.60. The third kappa shape index (κ3) is 3.98. The number of aryl methyl sites for hydroxylation is 1. The van der Waals surface area contributed by atoms with E-state index >= 15 is 0 Å². The van der Waals surface area contributed by atoms with Crippen LogP contribution < -0.4 is 15.5 Å². The molecule has 122 valence electrons. The van der Waals surface area contributed by atoms with Crippen molar-refractivity contribution in [3.8, 4) is 0 Å². The van der Waals surface area contributed by atoms with Gasteiger partial charge >= 0.3 is 0 Å². The van der Waals surface area contributed by atoms with Crippen LogP contribution in [0.3, 0.4) is 0 Å². The van der Waals surface area contributed by atoms with E-state index in [4.69, 9.17) is 0 Å². The molecule has 0 unspecified atom stereocenters. The SMILES string of the molecule is Cc1cccc(Nc2nncc(Nc3ccc(N(C)C)cc3)n2)c1. The van der Waals surface area contributed by atoms with Crippen LogP contribution in [-0.2, 0) is 0 Å². The monoisotopic (exact) mass is 320 g/mol. The smallest absolute Gasteiger partial charge is 0.249 e. The minimum Gasteiger partial charge on any atom is -0.378 e. The maximum absolute atomic E-state index is 4.44. The van der Waals surface area contributed by atoms with E-state index in [0.29, 0.717) is 11.8 Å². The van der Waals surface area contributed by atoms with Gasteiger partial charge in [0, 0.05) is 31.2 Å². The predicted octanol–water partition coefficient (Wildman–Crippen LogP) is 3.73. The number of hydrogen-bond donors (Lipinski definition) is 2. The average Bonchev–Trinajstić information content (AvgIpc) is 2.56. The van der Waals surface area contributed by atoms with Gasteiger partial charge in [-0.1, -0.05) is 12.1 Å². The second-order valence-electron chi connectivity index (χ2n) is 5.73. The fourth-order valence-electron chi connectivity index (χ4n) is 2.26. The fraction of sp³-hybridized carbons (Fsp3) is 0.167. The number of anilines is 5. The summed E-state index contributed by atoms with van der Waals surface area (Å²) in [6.45, 7) is 2.04. The second-order valence-corrected chi connectivity index (χ2v) is 5.73. The van der Waals surface area contributed by atoms with Crippen molar-refractivity contribution >= 4 is 28.8 Å². The highest BCUT2D eigenvalue weighted by Crippen LogP contribution is 2.20. The molecule has 0 radical (unpaired) electrons. The summed E-state index contributed by atoms with van der Waals surface area (Å²) < 4.78 is 0. The molecule has 0 saturated carbocycles. The first-order valence-corrected chi connectivity index (χ1v) is 7.68. The summed E-state index contributed by atoms with van der Waals surface area (Å²) in [5.41, 5.74) is 4.19. The van der Waals surface area contributed by atoms with Gasteiger partial charge in [-0.15, -0.1) is 5.10 Å². The average molecular weight is 320 g/mol. The molecule has 2 aromatic carbocycles. The number of benzene rings is 2. The highest BCUT2D eigenvalue weighted by molar-refractivity contribution is 5.61. The zero-order valence-electron chi connectivity index (χ0n) is 14.0. The van der Waals surface area contributed by atoms with Gasteiger partial charge in [0.2, 0.25) is 5.95 Å². The van der Waals surface area contributed by atoms with Gasteiger partial charge in [0.1, 0.15) is 0 Å². The van der Waals surface area contributed by atoms with Crippen LogP contribution >= 0.6 is 0 Å². The molecule has 6 heteroatoms. The molecule has 0 amide bonds. The number of aromatic nitrogens is 3. The molecule has 2 N–H and O–H groups in total. The Labute approximate surface area is 141 Å². The zero-order chi connectivity index (χ0) is 16.9. The van der Waals surface area contributed by atoms with Crippen LogP contribution in [-0.4, -0.2) is 29.3 Å². The van der Waals surface area contributed by atoms with Crippen LogP contribution in [0.5, 0.6) is 0 Å². The summed E-state index contributed by atoms with van der Waals surface area (Å²) in [5, 5.41) is 14.4. The van der Waals surface area contributed by atoms with Crippen molar-refractivity contribution in [3.63, 3.8) is 0 Å². The first-order chi connectivity index (χ1) is 11.6. The molecule has 0 aliphatic carbocycles. The fourth-order valence-corrected chi connectivity index (χ4v) is 2.26. The lowest BCUT2D eigenvalue weighted by molar-refractivity contribution is 0.982. The molecule has 0 fully saturated rings. The molecule has 24 heavy (non-hydrogen) atoms. The summed E-state index contributed by atoms with van der Waals surface area (Å²) in [7, 11) is 4.03. The van der Waals surface area contributed by atoms with Gasteiger partial charge in [0.15, 0.2) is 5.82 Å². The van der Waals surface area contributed by atoms with E-state index in [1.54, 1.807) is 6.20 Å². The van der Waals surface area contributed by atoms with Gasteiger partial charge in [0.25, 0.3) is 0 Å². The number of hydrogen-bond acceptors (Lipinski definition) is 6. The Hall–Kier alpha value is -3.15. The van der Waals surface area contributed by atoms with Gasteiger partial charge in [0.05, 0.1) is 6.20 Å². The minimum absolute atomic E-state index is 0.454. The van der Waals surface area contributed by atoms with Crippen molar-refractivity contribution in [1.29, 1.82) is 0 Å². The molecule has 0 spiro atoms. The molecule has 3 rings (SSSR count). The molecule has 6 nitrogen and oxygen atoms in total. The zero-order valence-corrected chi connectivity index (χ0v) is 14.0. The van der Waals surface area contributed by atoms with Crippen LogP contribution in [0.1, 0.15) is 5.56 Å². The normalized spacial score (nSPS) is 10.3. The number of nitrogens with one attached hydrogen (secondary N) is 2. The molecule has 3 aromatic rings. The Morgan fingerprint density at radius 2 is 1.71 bits per heavy atom. The highest BCUT2D eigenvalue weighted by atomic mass is 15.3. The van der Waals surface area contributed by atoms with E-state index in [1.807, 2.05) is 69.6 Å². The second kappa shape index (κ2) is 6.95. The summed E-state index contributed by atoms with van der Waals surface area (Å²) in [6, 6.07) is 16.1. The van der Waals surface area contributed by atoms with Gasteiger partial charge < -0.3 is 15.5 Å². The lowest BCUT2D eigenvalue weighted by atomic mass is 10.2. The van der Waals surface area contributed by atoms with Crippen molar-refractivity contribution in [1.82, 2.24) is 15.2 Å². The summed E-state index contributed by atoms with van der Waals surface area (Å²) >= 11 is 0. The summed E-state index contributed by atoms with van der Waals surface area (Å²) in [5.74, 6) is 1.09. The van der Waals surface area contributed by atoms with E-state index in [-0.39, 0.29) is 0 Å². The maximum atomic E-state index is 4.44. The van der Waals surface area contributed by atoms with Crippen molar-refractivity contribution < 1.29 is 0 Å². The van der Waals surface area contributed by atoms with Gasteiger partial charge in [-0.2, -0.15) is 10.1 Å². The third-order valence-electron chi connectivity index (χ3n) is 3.49. The lowest BCUT2D eigenvalue weighted by Gasteiger charge is -2.13. The maximum Gasteiger partial charge on any atom is 0.249 e. The molecule has 0 bridgehead atoms. The van der Waals surface area contributed by atoms with Crippen molar-refractivity contribution in [2.75, 3.05) is 29.6 Å². The Balaban J connectivity index is 1.73.